The lowest BCUT2D eigenvalue weighted by atomic mass is 9.96. The van der Waals surface area contributed by atoms with Crippen LogP contribution in [0.4, 0.5) is 0 Å². The topological polar surface area (TPSA) is 95.5 Å². The molecular weight excluding hydrogens is 356 g/mol. The minimum atomic E-state index is -0.950. The van der Waals surface area contributed by atoms with Crippen LogP contribution in [-0.4, -0.2) is 36.0 Å². The molecule has 0 radical (unpaired) electrons. The van der Waals surface area contributed by atoms with Crippen molar-refractivity contribution in [1.82, 2.24) is 10.6 Å². The average Bonchev–Trinajstić information content (AvgIpc) is 2.63. The highest BCUT2D eigenvalue weighted by Gasteiger charge is 2.21. The molecule has 6 heteroatoms. The molecule has 2 amide bonds. The molecule has 150 valence electrons. The molecule has 0 fully saturated rings. The van der Waals surface area contributed by atoms with E-state index in [0.29, 0.717) is 6.42 Å². The Bertz CT molecular complexity index is 855. The van der Waals surface area contributed by atoms with Gasteiger partial charge in [0.15, 0.2) is 0 Å². The molecule has 2 aromatic carbocycles. The van der Waals surface area contributed by atoms with Gasteiger partial charge < -0.3 is 15.7 Å². The second-order valence-corrected chi connectivity index (χ2v) is 7.98. The van der Waals surface area contributed by atoms with E-state index < -0.39 is 17.3 Å². The SMILES string of the molecule is CC(C)(C)C(=O)NCCC(=O)NC[C@@H](Cc1ccc2ccccc2c1)C(=O)O. The largest absolute Gasteiger partial charge is 0.481 e. The molecule has 0 bridgehead atoms. The highest BCUT2D eigenvalue weighted by Crippen LogP contribution is 2.18. The third-order valence-electron chi connectivity index (χ3n) is 4.51. The number of hydrogen-bond donors (Lipinski definition) is 3. The van der Waals surface area contributed by atoms with E-state index in [-0.39, 0.29) is 31.3 Å². The van der Waals surface area contributed by atoms with Gasteiger partial charge in [-0.1, -0.05) is 63.2 Å². The number of carbonyl (C=O) groups excluding carboxylic acids is 2. The number of benzene rings is 2. The van der Waals surface area contributed by atoms with Gasteiger partial charge in [0, 0.05) is 24.9 Å². The summed E-state index contributed by atoms with van der Waals surface area (Å²) < 4.78 is 0. The second kappa shape index (κ2) is 9.35. The van der Waals surface area contributed by atoms with Gasteiger partial charge in [-0.15, -0.1) is 0 Å². The second-order valence-electron chi connectivity index (χ2n) is 7.98. The molecule has 28 heavy (non-hydrogen) atoms. The maximum absolute atomic E-state index is 12.0. The van der Waals surface area contributed by atoms with Gasteiger partial charge in [0.05, 0.1) is 5.92 Å². The number of hydrogen-bond acceptors (Lipinski definition) is 3. The van der Waals surface area contributed by atoms with E-state index in [2.05, 4.69) is 10.6 Å². The lowest BCUT2D eigenvalue weighted by molar-refractivity contribution is -0.141. The van der Waals surface area contributed by atoms with Crippen molar-refractivity contribution in [2.24, 2.45) is 11.3 Å². The Hall–Kier alpha value is -2.89. The monoisotopic (exact) mass is 384 g/mol. The number of carboxylic acid groups (broad SMARTS) is 1. The highest BCUT2D eigenvalue weighted by atomic mass is 16.4. The molecule has 0 aliphatic rings. The van der Waals surface area contributed by atoms with Crippen LogP contribution in [0.2, 0.25) is 0 Å². The van der Waals surface area contributed by atoms with Crippen LogP contribution in [0.3, 0.4) is 0 Å². The number of carbonyl (C=O) groups is 3. The molecule has 3 N–H and O–H groups in total. The van der Waals surface area contributed by atoms with E-state index in [1.807, 2.05) is 42.5 Å². The summed E-state index contributed by atoms with van der Waals surface area (Å²) in [5.41, 5.74) is 0.405. The highest BCUT2D eigenvalue weighted by molar-refractivity contribution is 5.84. The van der Waals surface area contributed by atoms with E-state index in [0.717, 1.165) is 16.3 Å². The summed E-state index contributed by atoms with van der Waals surface area (Å²) >= 11 is 0. The molecule has 2 rings (SSSR count). The lowest BCUT2D eigenvalue weighted by Gasteiger charge is -2.18. The average molecular weight is 384 g/mol. The van der Waals surface area contributed by atoms with Gasteiger partial charge in [-0.2, -0.15) is 0 Å². The number of fused-ring (bicyclic) bond motifs is 1. The van der Waals surface area contributed by atoms with E-state index >= 15 is 0 Å². The molecule has 6 nitrogen and oxygen atoms in total. The maximum Gasteiger partial charge on any atom is 0.308 e. The van der Waals surface area contributed by atoms with Crippen LogP contribution in [0.15, 0.2) is 42.5 Å². The zero-order valence-corrected chi connectivity index (χ0v) is 16.6. The number of rotatable bonds is 8. The first-order chi connectivity index (χ1) is 13.2. The molecule has 0 aliphatic carbocycles. The van der Waals surface area contributed by atoms with Gasteiger partial charge >= 0.3 is 5.97 Å². The third kappa shape index (κ3) is 6.37. The number of carboxylic acids is 1. The Morgan fingerprint density at radius 2 is 1.68 bits per heavy atom. The van der Waals surface area contributed by atoms with E-state index in [9.17, 15) is 19.5 Å². The summed E-state index contributed by atoms with van der Waals surface area (Å²) in [6, 6.07) is 13.8. The predicted molar refractivity (Wildman–Crippen MR) is 109 cm³/mol. The maximum atomic E-state index is 12.0. The van der Waals surface area contributed by atoms with Crippen molar-refractivity contribution in [3.05, 3.63) is 48.0 Å². The predicted octanol–water partition coefficient (Wildman–Crippen LogP) is 2.75. The number of nitrogens with one attached hydrogen (secondary N) is 2. The zero-order valence-electron chi connectivity index (χ0n) is 16.6. The Labute approximate surface area is 165 Å². The van der Waals surface area contributed by atoms with Crippen LogP contribution in [0, 0.1) is 11.3 Å². The lowest BCUT2D eigenvalue weighted by Crippen LogP contribution is -2.39. The van der Waals surface area contributed by atoms with Crippen molar-refractivity contribution in [2.75, 3.05) is 13.1 Å². The van der Waals surface area contributed by atoms with Crippen molar-refractivity contribution in [2.45, 2.75) is 33.6 Å². The van der Waals surface area contributed by atoms with E-state index in [1.165, 1.54) is 0 Å². The quantitative estimate of drug-likeness (QED) is 0.652. The van der Waals surface area contributed by atoms with E-state index in [4.69, 9.17) is 0 Å². The van der Waals surface area contributed by atoms with Crippen molar-refractivity contribution < 1.29 is 19.5 Å². The fraction of sp³-hybridized carbons (Fsp3) is 0.409. The smallest absolute Gasteiger partial charge is 0.308 e. The van der Waals surface area contributed by atoms with Crippen molar-refractivity contribution in [3.63, 3.8) is 0 Å². The molecule has 0 aliphatic heterocycles. The molecule has 1 atom stereocenters. The molecular formula is C22H28N2O4. The van der Waals surface area contributed by atoms with Crippen LogP contribution in [0.5, 0.6) is 0 Å². The molecule has 0 spiro atoms. The molecule has 0 unspecified atom stereocenters. The fourth-order valence-electron chi connectivity index (χ4n) is 2.78. The number of amides is 2. The normalized spacial score (nSPS) is 12.4. The third-order valence-corrected chi connectivity index (χ3v) is 4.51. The molecule has 0 saturated carbocycles. The van der Waals surface area contributed by atoms with Gasteiger partial charge in [-0.3, -0.25) is 14.4 Å². The Kier molecular flexibility index (Phi) is 7.15. The van der Waals surface area contributed by atoms with Crippen LogP contribution >= 0.6 is 0 Å². The van der Waals surface area contributed by atoms with E-state index in [1.54, 1.807) is 20.8 Å². The Balaban J connectivity index is 1.86. The van der Waals surface area contributed by atoms with Gasteiger partial charge in [0.1, 0.15) is 0 Å². The van der Waals surface area contributed by atoms with Crippen LogP contribution in [0.25, 0.3) is 10.8 Å². The zero-order chi connectivity index (χ0) is 20.7. The summed E-state index contributed by atoms with van der Waals surface area (Å²) in [7, 11) is 0. The molecule has 0 heterocycles. The summed E-state index contributed by atoms with van der Waals surface area (Å²) in [6.07, 6.45) is 0.450. The molecule has 0 aromatic heterocycles. The van der Waals surface area contributed by atoms with Crippen LogP contribution < -0.4 is 10.6 Å². The summed E-state index contributed by atoms with van der Waals surface area (Å²) in [5, 5.41) is 17.0. The minimum absolute atomic E-state index is 0.0498. The van der Waals surface area contributed by atoms with Crippen LogP contribution in [-0.2, 0) is 20.8 Å². The number of aliphatic carboxylic acids is 1. The van der Waals surface area contributed by atoms with Gasteiger partial charge in [0.2, 0.25) is 11.8 Å². The van der Waals surface area contributed by atoms with Crippen molar-refractivity contribution in [3.8, 4) is 0 Å². The first kappa shape index (κ1) is 21.4. The van der Waals surface area contributed by atoms with Crippen LogP contribution in [0.1, 0.15) is 32.8 Å². The Morgan fingerprint density at radius 1 is 1.00 bits per heavy atom. The summed E-state index contributed by atoms with van der Waals surface area (Å²) in [6.45, 7) is 5.67. The first-order valence-corrected chi connectivity index (χ1v) is 9.42. The summed E-state index contributed by atoms with van der Waals surface area (Å²) in [4.78, 5) is 35.3. The fourth-order valence-corrected chi connectivity index (χ4v) is 2.78. The van der Waals surface area contributed by atoms with Gasteiger partial charge in [0.25, 0.3) is 0 Å². The van der Waals surface area contributed by atoms with Gasteiger partial charge in [-0.05, 0) is 22.8 Å². The van der Waals surface area contributed by atoms with Gasteiger partial charge in [-0.25, -0.2) is 0 Å². The summed E-state index contributed by atoms with van der Waals surface area (Å²) in [5.74, 6) is -2.07. The van der Waals surface area contributed by atoms with Crippen molar-refractivity contribution >= 4 is 28.6 Å². The molecule has 0 saturated heterocycles. The molecule has 2 aromatic rings. The Morgan fingerprint density at radius 3 is 2.32 bits per heavy atom. The standard InChI is InChI=1S/C22H28N2O4/c1-22(2,3)21(28)23-11-10-19(25)24-14-18(20(26)27)13-15-8-9-16-6-4-5-7-17(16)12-15/h4-9,12,18H,10-11,13-14H2,1-3H3,(H,23,28)(H,24,25)(H,26,27)/t18-/m1/s1. The minimum Gasteiger partial charge on any atom is -0.481 e. The first-order valence-electron chi connectivity index (χ1n) is 9.42. The van der Waals surface area contributed by atoms with Crippen molar-refractivity contribution in [1.29, 1.82) is 0 Å².